The Kier molecular flexibility index (Phi) is 7.72. The van der Waals surface area contributed by atoms with Gasteiger partial charge in [0, 0.05) is 0 Å². The molecule has 2 rings (SSSR count). The summed E-state index contributed by atoms with van der Waals surface area (Å²) in [5.41, 5.74) is 2.11. The number of methoxy groups -OCH3 is 2. The predicted molar refractivity (Wildman–Crippen MR) is 119 cm³/mol. The fourth-order valence-electron chi connectivity index (χ4n) is 3.30. The molecule has 0 bridgehead atoms. The molecule has 0 aliphatic carbocycles. The fraction of sp³-hybridized carbons (Fsp3) is 0.409. The highest BCUT2D eigenvalue weighted by Crippen LogP contribution is 2.33. The standard InChI is InChI=1S/C22H30N2O5S/c1-7-19(17-9-11-18(28-4)12-10-17)23-22(25)16(3)24(30(6,26)27)20-14-15(2)8-13-21(20)29-5/h8-14,16,19H,7H2,1-6H3,(H,23,25)/t16-,19-/m1/s1. The van der Waals surface area contributed by atoms with Crippen molar-refractivity contribution < 1.29 is 22.7 Å². The average molecular weight is 435 g/mol. The van der Waals surface area contributed by atoms with Crippen molar-refractivity contribution >= 4 is 21.6 Å². The van der Waals surface area contributed by atoms with E-state index in [1.807, 2.05) is 44.2 Å². The van der Waals surface area contributed by atoms with Gasteiger partial charge in [0.25, 0.3) is 0 Å². The van der Waals surface area contributed by atoms with Gasteiger partial charge in [-0.05, 0) is 55.7 Å². The third-order valence-electron chi connectivity index (χ3n) is 4.90. The van der Waals surface area contributed by atoms with Gasteiger partial charge in [-0.2, -0.15) is 0 Å². The Morgan fingerprint density at radius 3 is 2.23 bits per heavy atom. The Morgan fingerprint density at radius 2 is 1.73 bits per heavy atom. The molecule has 0 saturated carbocycles. The smallest absolute Gasteiger partial charge is 0.244 e. The first-order valence-electron chi connectivity index (χ1n) is 9.70. The molecule has 1 amide bonds. The van der Waals surface area contributed by atoms with Crippen LogP contribution in [0.25, 0.3) is 0 Å². The first kappa shape index (κ1) is 23.5. The van der Waals surface area contributed by atoms with E-state index in [1.54, 1.807) is 26.2 Å². The SMILES string of the molecule is CC[C@@H](NC(=O)[C@@H](C)N(c1cc(C)ccc1OC)S(C)(=O)=O)c1ccc(OC)cc1. The summed E-state index contributed by atoms with van der Waals surface area (Å²) in [7, 11) is -0.691. The van der Waals surface area contributed by atoms with Crippen LogP contribution in [0.1, 0.15) is 37.4 Å². The maximum Gasteiger partial charge on any atom is 0.244 e. The van der Waals surface area contributed by atoms with Gasteiger partial charge in [0.2, 0.25) is 15.9 Å². The Labute approximate surface area is 179 Å². The van der Waals surface area contributed by atoms with Crippen molar-refractivity contribution in [3.05, 3.63) is 53.6 Å². The summed E-state index contributed by atoms with van der Waals surface area (Å²) in [6.45, 7) is 5.38. The maximum absolute atomic E-state index is 13.1. The van der Waals surface area contributed by atoms with E-state index in [9.17, 15) is 13.2 Å². The first-order valence-corrected chi connectivity index (χ1v) is 11.6. The van der Waals surface area contributed by atoms with E-state index in [2.05, 4.69) is 5.32 Å². The molecule has 0 spiro atoms. The molecule has 1 N–H and O–H groups in total. The number of anilines is 1. The van der Waals surface area contributed by atoms with Crippen LogP contribution >= 0.6 is 0 Å². The van der Waals surface area contributed by atoms with E-state index < -0.39 is 22.0 Å². The second-order valence-corrected chi connectivity index (χ2v) is 9.01. The van der Waals surface area contributed by atoms with Crippen LogP contribution in [-0.4, -0.2) is 40.8 Å². The van der Waals surface area contributed by atoms with Gasteiger partial charge in [0.1, 0.15) is 17.5 Å². The molecule has 0 aromatic heterocycles. The molecule has 0 fully saturated rings. The molecule has 0 radical (unpaired) electrons. The van der Waals surface area contributed by atoms with Gasteiger partial charge in [-0.15, -0.1) is 0 Å². The molecule has 2 aromatic rings. The normalized spacial score (nSPS) is 13.3. The van der Waals surface area contributed by atoms with Gasteiger partial charge >= 0.3 is 0 Å². The number of carbonyl (C=O) groups excluding carboxylic acids is 1. The van der Waals surface area contributed by atoms with Crippen LogP contribution in [0.3, 0.4) is 0 Å². The average Bonchev–Trinajstić information content (AvgIpc) is 2.71. The quantitative estimate of drug-likeness (QED) is 0.654. The van der Waals surface area contributed by atoms with E-state index >= 15 is 0 Å². The van der Waals surface area contributed by atoms with Gasteiger partial charge in [-0.25, -0.2) is 8.42 Å². The Bertz CT molecular complexity index is 974. The molecule has 0 saturated heterocycles. The topological polar surface area (TPSA) is 84.9 Å². The first-order chi connectivity index (χ1) is 14.1. The molecular formula is C22H30N2O5S. The Balaban J connectivity index is 2.34. The lowest BCUT2D eigenvalue weighted by Gasteiger charge is -2.31. The Morgan fingerprint density at radius 1 is 1.10 bits per heavy atom. The van der Waals surface area contributed by atoms with Gasteiger partial charge in [-0.3, -0.25) is 9.10 Å². The summed E-state index contributed by atoms with van der Waals surface area (Å²) in [5.74, 6) is 0.711. The summed E-state index contributed by atoms with van der Waals surface area (Å²) in [6, 6.07) is 11.4. The monoisotopic (exact) mass is 434 g/mol. The summed E-state index contributed by atoms with van der Waals surface area (Å²) in [5, 5.41) is 2.97. The number of nitrogens with zero attached hydrogens (tertiary/aromatic N) is 1. The molecule has 2 aromatic carbocycles. The number of carbonyl (C=O) groups is 1. The molecule has 8 heteroatoms. The number of nitrogens with one attached hydrogen (secondary N) is 1. The van der Waals surface area contributed by atoms with Crippen molar-refractivity contribution in [3.63, 3.8) is 0 Å². The maximum atomic E-state index is 13.1. The minimum atomic E-state index is -3.75. The third kappa shape index (κ3) is 5.44. The van der Waals surface area contributed by atoms with Gasteiger partial charge in [0.15, 0.2) is 0 Å². The van der Waals surface area contributed by atoms with Gasteiger partial charge < -0.3 is 14.8 Å². The van der Waals surface area contributed by atoms with Gasteiger partial charge in [-0.1, -0.05) is 25.1 Å². The van der Waals surface area contributed by atoms with E-state index in [-0.39, 0.29) is 6.04 Å². The highest BCUT2D eigenvalue weighted by atomic mass is 32.2. The zero-order valence-electron chi connectivity index (χ0n) is 18.3. The molecule has 0 aliphatic rings. The van der Waals surface area contributed by atoms with Crippen molar-refractivity contribution in [1.82, 2.24) is 5.32 Å². The zero-order chi connectivity index (χ0) is 22.5. The summed E-state index contributed by atoms with van der Waals surface area (Å²) in [6.07, 6.45) is 1.73. The summed E-state index contributed by atoms with van der Waals surface area (Å²) >= 11 is 0. The van der Waals surface area contributed by atoms with Crippen LogP contribution in [0.2, 0.25) is 0 Å². The van der Waals surface area contributed by atoms with Gasteiger partial charge in [0.05, 0.1) is 32.2 Å². The number of aryl methyl sites for hydroxylation is 1. The third-order valence-corrected chi connectivity index (χ3v) is 6.13. The number of rotatable bonds is 9. The molecule has 2 atom stereocenters. The van der Waals surface area contributed by atoms with Crippen LogP contribution in [0.5, 0.6) is 11.5 Å². The van der Waals surface area contributed by atoms with Crippen LogP contribution in [-0.2, 0) is 14.8 Å². The highest BCUT2D eigenvalue weighted by Gasteiger charge is 2.32. The van der Waals surface area contributed by atoms with E-state index in [4.69, 9.17) is 9.47 Å². The summed E-state index contributed by atoms with van der Waals surface area (Å²) < 4.78 is 36.9. The fourth-order valence-corrected chi connectivity index (χ4v) is 4.47. The number of hydrogen-bond acceptors (Lipinski definition) is 5. The second kappa shape index (κ2) is 9.84. The van der Waals surface area contributed by atoms with Crippen LogP contribution in [0.4, 0.5) is 5.69 Å². The molecule has 164 valence electrons. The highest BCUT2D eigenvalue weighted by molar-refractivity contribution is 7.92. The number of benzene rings is 2. The zero-order valence-corrected chi connectivity index (χ0v) is 19.1. The molecule has 0 heterocycles. The van der Waals surface area contributed by atoms with E-state index in [1.165, 1.54) is 7.11 Å². The molecule has 0 aliphatic heterocycles. The molecule has 0 unspecified atom stereocenters. The van der Waals surface area contributed by atoms with Crippen molar-refractivity contribution in [1.29, 1.82) is 0 Å². The number of sulfonamides is 1. The number of ether oxygens (including phenoxy) is 2. The van der Waals surface area contributed by atoms with Crippen LogP contribution in [0.15, 0.2) is 42.5 Å². The minimum Gasteiger partial charge on any atom is -0.497 e. The minimum absolute atomic E-state index is 0.258. The summed E-state index contributed by atoms with van der Waals surface area (Å²) in [4.78, 5) is 13.1. The van der Waals surface area contributed by atoms with E-state index in [0.29, 0.717) is 17.9 Å². The lowest BCUT2D eigenvalue weighted by Crippen LogP contribution is -2.48. The largest absolute Gasteiger partial charge is 0.497 e. The number of amides is 1. The van der Waals surface area contributed by atoms with E-state index in [0.717, 1.165) is 27.4 Å². The van der Waals surface area contributed by atoms with Crippen LogP contribution in [0, 0.1) is 6.92 Å². The van der Waals surface area contributed by atoms with Crippen molar-refractivity contribution in [2.75, 3.05) is 24.8 Å². The Hall–Kier alpha value is -2.74. The van der Waals surface area contributed by atoms with Crippen molar-refractivity contribution in [2.24, 2.45) is 0 Å². The lowest BCUT2D eigenvalue weighted by molar-refractivity contribution is -0.122. The van der Waals surface area contributed by atoms with Crippen molar-refractivity contribution in [3.8, 4) is 11.5 Å². The molecular weight excluding hydrogens is 404 g/mol. The number of hydrogen-bond donors (Lipinski definition) is 1. The van der Waals surface area contributed by atoms with Crippen molar-refractivity contribution in [2.45, 2.75) is 39.3 Å². The van der Waals surface area contributed by atoms with Crippen LogP contribution < -0.4 is 19.1 Å². The second-order valence-electron chi connectivity index (χ2n) is 7.15. The molecule has 7 nitrogen and oxygen atoms in total. The lowest BCUT2D eigenvalue weighted by atomic mass is 10.0. The molecule has 30 heavy (non-hydrogen) atoms. The predicted octanol–water partition coefficient (Wildman–Crippen LogP) is 3.43.